The summed E-state index contributed by atoms with van der Waals surface area (Å²) in [7, 11) is 0. The summed E-state index contributed by atoms with van der Waals surface area (Å²) in [6.45, 7) is 18.0. The molecule has 0 heterocycles. The van der Waals surface area contributed by atoms with E-state index in [0.717, 1.165) is 53.3 Å². The fourth-order valence-electron chi connectivity index (χ4n) is 9.83. The SMILES string of the molecule is CC(C)C(C)CC[C@@H](C)[C@H]1CC[C@H]2[C@@H]3CC[C@H]4[C@H](C)CCC[C@]4(C)[C@H]3CC[C@]12C. The smallest absolute Gasteiger partial charge is 0.0264 e. The fraction of sp³-hybridized carbons (Fsp3) is 1.00. The summed E-state index contributed by atoms with van der Waals surface area (Å²) >= 11 is 0. The average molecular weight is 401 g/mol. The number of hydrogen-bond acceptors (Lipinski definition) is 0. The molecular weight excluding hydrogens is 348 g/mol. The maximum absolute atomic E-state index is 2.76. The van der Waals surface area contributed by atoms with Gasteiger partial charge in [0.25, 0.3) is 0 Å². The van der Waals surface area contributed by atoms with Crippen LogP contribution in [0.5, 0.6) is 0 Å². The topological polar surface area (TPSA) is 0 Å². The Morgan fingerprint density at radius 3 is 2.14 bits per heavy atom. The minimum atomic E-state index is 0.658. The van der Waals surface area contributed by atoms with Gasteiger partial charge < -0.3 is 0 Å². The molecule has 4 saturated carbocycles. The van der Waals surface area contributed by atoms with Crippen molar-refractivity contribution in [2.45, 2.75) is 119 Å². The van der Waals surface area contributed by atoms with E-state index in [1.165, 1.54) is 32.1 Å². The highest BCUT2D eigenvalue weighted by atomic mass is 14.7. The Kier molecular flexibility index (Phi) is 6.25. The van der Waals surface area contributed by atoms with Crippen LogP contribution in [0.25, 0.3) is 0 Å². The standard InChI is InChI=1S/C29H52/c1-19(2)20(3)10-11-22(5)25-14-15-26-23-12-13-24-21(4)9-8-17-28(24,6)27(23)16-18-29(25,26)7/h19-27H,8-18H2,1-7H3/t20?,21-,22-,23+,24+,25-,26+,27+,28+,29-/m1/s1. The molecule has 0 aromatic rings. The van der Waals surface area contributed by atoms with Gasteiger partial charge in [0.05, 0.1) is 0 Å². The van der Waals surface area contributed by atoms with E-state index in [2.05, 4.69) is 48.5 Å². The predicted molar refractivity (Wildman–Crippen MR) is 127 cm³/mol. The molecule has 0 bridgehead atoms. The summed E-state index contributed by atoms with van der Waals surface area (Å²) in [5.41, 5.74) is 1.34. The first-order chi connectivity index (χ1) is 13.7. The van der Waals surface area contributed by atoms with E-state index >= 15 is 0 Å². The van der Waals surface area contributed by atoms with Crippen LogP contribution in [0, 0.1) is 64.1 Å². The Balaban J connectivity index is 1.47. The lowest BCUT2D eigenvalue weighted by Gasteiger charge is -2.62. The lowest BCUT2D eigenvalue weighted by molar-refractivity contribution is -0.127. The zero-order valence-electron chi connectivity index (χ0n) is 21.0. The fourth-order valence-corrected chi connectivity index (χ4v) is 9.83. The van der Waals surface area contributed by atoms with Gasteiger partial charge in [-0.05, 0) is 109 Å². The second kappa shape index (κ2) is 8.16. The first-order valence-corrected chi connectivity index (χ1v) is 13.7. The van der Waals surface area contributed by atoms with Crippen LogP contribution in [0.15, 0.2) is 0 Å². The number of hydrogen-bond donors (Lipinski definition) is 0. The van der Waals surface area contributed by atoms with Gasteiger partial charge in [-0.1, -0.05) is 74.1 Å². The Hall–Kier alpha value is 0. The van der Waals surface area contributed by atoms with Crippen molar-refractivity contribution in [2.24, 2.45) is 64.1 Å². The molecule has 0 saturated heterocycles. The van der Waals surface area contributed by atoms with Gasteiger partial charge in [0.2, 0.25) is 0 Å². The first-order valence-electron chi connectivity index (χ1n) is 13.7. The lowest BCUT2D eigenvalue weighted by atomic mass is 9.43. The summed E-state index contributed by atoms with van der Waals surface area (Å²) < 4.78 is 0. The van der Waals surface area contributed by atoms with Gasteiger partial charge in [0, 0.05) is 0 Å². The highest BCUT2D eigenvalue weighted by molar-refractivity contribution is 5.09. The van der Waals surface area contributed by atoms with Crippen molar-refractivity contribution in [1.82, 2.24) is 0 Å². The van der Waals surface area contributed by atoms with E-state index in [-0.39, 0.29) is 0 Å². The quantitative estimate of drug-likeness (QED) is 0.432. The molecule has 0 heteroatoms. The third-order valence-corrected chi connectivity index (χ3v) is 12.0. The molecule has 4 aliphatic carbocycles. The molecule has 0 radical (unpaired) electrons. The third kappa shape index (κ3) is 3.65. The molecule has 0 spiro atoms. The van der Waals surface area contributed by atoms with Crippen LogP contribution in [-0.4, -0.2) is 0 Å². The Labute approximate surface area is 183 Å². The van der Waals surface area contributed by atoms with Crippen LogP contribution in [0.1, 0.15) is 119 Å². The summed E-state index contributed by atoms with van der Waals surface area (Å²) in [4.78, 5) is 0. The van der Waals surface area contributed by atoms with E-state index in [4.69, 9.17) is 0 Å². The van der Waals surface area contributed by atoms with Gasteiger partial charge in [0.1, 0.15) is 0 Å². The molecule has 0 aromatic carbocycles. The Bertz CT molecular complexity index is 562. The van der Waals surface area contributed by atoms with Gasteiger partial charge in [-0.25, -0.2) is 0 Å². The zero-order chi connectivity index (χ0) is 21.0. The highest BCUT2D eigenvalue weighted by Gasteiger charge is 2.60. The molecule has 0 aromatic heterocycles. The Morgan fingerprint density at radius 1 is 0.724 bits per heavy atom. The maximum atomic E-state index is 2.76. The van der Waals surface area contributed by atoms with Crippen molar-refractivity contribution in [3.63, 3.8) is 0 Å². The van der Waals surface area contributed by atoms with E-state index in [1.807, 2.05) is 0 Å². The number of rotatable bonds is 5. The molecule has 4 aliphatic rings. The predicted octanol–water partition coefficient (Wildman–Crippen LogP) is 8.99. The lowest BCUT2D eigenvalue weighted by Crippen LogP contribution is -2.54. The first kappa shape index (κ1) is 22.2. The van der Waals surface area contributed by atoms with Crippen molar-refractivity contribution < 1.29 is 0 Å². The zero-order valence-corrected chi connectivity index (χ0v) is 21.0. The van der Waals surface area contributed by atoms with Crippen molar-refractivity contribution >= 4 is 0 Å². The van der Waals surface area contributed by atoms with Crippen molar-refractivity contribution in [2.75, 3.05) is 0 Å². The van der Waals surface area contributed by atoms with Gasteiger partial charge in [-0.3, -0.25) is 0 Å². The minimum absolute atomic E-state index is 0.658. The van der Waals surface area contributed by atoms with Crippen LogP contribution >= 0.6 is 0 Å². The monoisotopic (exact) mass is 400 g/mol. The molecule has 168 valence electrons. The normalized spacial score (nSPS) is 49.2. The summed E-state index contributed by atoms with van der Waals surface area (Å²) in [6, 6.07) is 0. The third-order valence-electron chi connectivity index (χ3n) is 12.0. The molecule has 1 unspecified atom stereocenters. The molecule has 4 rings (SSSR count). The summed E-state index contributed by atoms with van der Waals surface area (Å²) in [5, 5.41) is 0. The van der Waals surface area contributed by atoms with Crippen LogP contribution in [0.4, 0.5) is 0 Å². The summed E-state index contributed by atoms with van der Waals surface area (Å²) in [6.07, 6.45) is 16.8. The van der Waals surface area contributed by atoms with E-state index in [9.17, 15) is 0 Å². The second-order valence-corrected chi connectivity index (χ2v) is 13.4. The summed E-state index contributed by atoms with van der Waals surface area (Å²) in [5.74, 6) is 8.86. The second-order valence-electron chi connectivity index (χ2n) is 13.4. The van der Waals surface area contributed by atoms with Gasteiger partial charge in [0.15, 0.2) is 0 Å². The largest absolute Gasteiger partial charge is 0.0625 e. The van der Waals surface area contributed by atoms with Crippen LogP contribution in [0.3, 0.4) is 0 Å². The van der Waals surface area contributed by atoms with Gasteiger partial charge >= 0.3 is 0 Å². The molecule has 0 N–H and O–H groups in total. The molecule has 29 heavy (non-hydrogen) atoms. The van der Waals surface area contributed by atoms with E-state index < -0.39 is 0 Å². The molecule has 10 atom stereocenters. The van der Waals surface area contributed by atoms with Crippen molar-refractivity contribution in [3.8, 4) is 0 Å². The number of fused-ring (bicyclic) bond motifs is 5. The minimum Gasteiger partial charge on any atom is -0.0625 e. The van der Waals surface area contributed by atoms with Crippen molar-refractivity contribution in [3.05, 3.63) is 0 Å². The highest BCUT2D eigenvalue weighted by Crippen LogP contribution is 2.68. The molecule has 4 fully saturated rings. The molecular formula is C29H52. The van der Waals surface area contributed by atoms with E-state index in [1.54, 1.807) is 38.5 Å². The molecule has 0 nitrogen and oxygen atoms in total. The van der Waals surface area contributed by atoms with Gasteiger partial charge in [-0.15, -0.1) is 0 Å². The van der Waals surface area contributed by atoms with Crippen LogP contribution < -0.4 is 0 Å². The van der Waals surface area contributed by atoms with Gasteiger partial charge in [-0.2, -0.15) is 0 Å². The Morgan fingerprint density at radius 2 is 1.41 bits per heavy atom. The van der Waals surface area contributed by atoms with E-state index in [0.29, 0.717) is 10.8 Å². The maximum Gasteiger partial charge on any atom is -0.0264 e. The van der Waals surface area contributed by atoms with Crippen LogP contribution in [0.2, 0.25) is 0 Å². The van der Waals surface area contributed by atoms with Crippen LogP contribution in [-0.2, 0) is 0 Å². The molecule has 0 aliphatic heterocycles. The molecule has 0 amide bonds. The average Bonchev–Trinajstić information content (AvgIpc) is 3.03. The van der Waals surface area contributed by atoms with Crippen molar-refractivity contribution in [1.29, 1.82) is 0 Å².